The number of aryl methyl sites for hydroxylation is 1. The first-order chi connectivity index (χ1) is 20.4. The zero-order valence-corrected chi connectivity index (χ0v) is 24.6. The van der Waals surface area contributed by atoms with E-state index in [0.29, 0.717) is 23.3 Å². The number of piperidine rings is 1. The molecule has 1 amide bonds. The summed E-state index contributed by atoms with van der Waals surface area (Å²) in [5.74, 6) is 0.718. The summed E-state index contributed by atoms with van der Waals surface area (Å²) in [6, 6.07) is 12.2. The zero-order valence-electron chi connectivity index (χ0n) is 24.6. The second-order valence-electron chi connectivity index (χ2n) is 11.4. The molecule has 0 spiro atoms. The molecule has 10 heteroatoms. The molecule has 220 valence electrons. The molecule has 1 aromatic carbocycles. The van der Waals surface area contributed by atoms with Gasteiger partial charge in [-0.1, -0.05) is 12.1 Å². The Hall–Kier alpha value is -3.86. The van der Waals surface area contributed by atoms with E-state index in [2.05, 4.69) is 62.2 Å². The summed E-state index contributed by atoms with van der Waals surface area (Å²) in [5.41, 5.74) is 3.84. The van der Waals surface area contributed by atoms with E-state index in [1.807, 2.05) is 24.0 Å². The Balaban J connectivity index is 1.15. The first-order valence-corrected chi connectivity index (χ1v) is 14.8. The van der Waals surface area contributed by atoms with Crippen molar-refractivity contribution in [2.45, 2.75) is 45.4 Å². The summed E-state index contributed by atoms with van der Waals surface area (Å²) < 4.78 is 13.6. The summed E-state index contributed by atoms with van der Waals surface area (Å²) in [6.45, 7) is 10.6. The summed E-state index contributed by atoms with van der Waals surface area (Å²) >= 11 is 0. The highest BCUT2D eigenvalue weighted by Crippen LogP contribution is 2.29. The van der Waals surface area contributed by atoms with E-state index in [-0.39, 0.29) is 12.0 Å². The fraction of sp³-hybridized carbons (Fsp3) is 0.438. The van der Waals surface area contributed by atoms with Gasteiger partial charge >= 0.3 is 0 Å². The maximum Gasteiger partial charge on any atom is 0.257 e. The summed E-state index contributed by atoms with van der Waals surface area (Å²) in [4.78, 5) is 26.9. The molecule has 0 bridgehead atoms. The predicted octanol–water partition coefficient (Wildman–Crippen LogP) is 4.37. The number of rotatable bonds is 8. The maximum atomic E-state index is 13.2. The lowest BCUT2D eigenvalue weighted by molar-refractivity contribution is 0.0332. The second-order valence-corrected chi connectivity index (χ2v) is 11.4. The van der Waals surface area contributed by atoms with Crippen LogP contribution in [0.3, 0.4) is 0 Å². The topological polar surface area (TPSA) is 97.6 Å². The molecule has 0 saturated carbocycles. The number of likely N-dealkylation sites (tertiary alicyclic amines) is 1. The maximum absolute atomic E-state index is 13.2. The lowest BCUT2D eigenvalue weighted by Gasteiger charge is -2.34. The van der Waals surface area contributed by atoms with Gasteiger partial charge in [0.2, 0.25) is 5.88 Å². The van der Waals surface area contributed by atoms with Gasteiger partial charge in [0.1, 0.15) is 11.9 Å². The number of hydrogen-bond acceptors (Lipinski definition) is 8. The van der Waals surface area contributed by atoms with Gasteiger partial charge in [0.15, 0.2) is 0 Å². The third-order valence-electron chi connectivity index (χ3n) is 8.30. The fourth-order valence-electron chi connectivity index (χ4n) is 5.72. The largest absolute Gasteiger partial charge is 0.474 e. The number of carbonyl (C=O) groups is 1. The molecule has 2 aliphatic heterocycles. The van der Waals surface area contributed by atoms with Crippen LogP contribution < -0.4 is 10.1 Å². The van der Waals surface area contributed by atoms with Gasteiger partial charge in [-0.2, -0.15) is 5.10 Å². The number of benzene rings is 1. The van der Waals surface area contributed by atoms with E-state index >= 15 is 0 Å². The molecule has 4 aromatic rings. The Morgan fingerprint density at radius 1 is 1.02 bits per heavy atom. The number of ether oxygens (including phenoxy) is 2. The summed E-state index contributed by atoms with van der Waals surface area (Å²) in [6.07, 6.45) is 7.35. The van der Waals surface area contributed by atoms with Crippen LogP contribution in [0.4, 0.5) is 5.82 Å². The Morgan fingerprint density at radius 3 is 2.62 bits per heavy atom. The quantitative estimate of drug-likeness (QED) is 0.334. The molecule has 5 heterocycles. The summed E-state index contributed by atoms with van der Waals surface area (Å²) in [5, 5.41) is 9.50. The van der Waals surface area contributed by atoms with Crippen molar-refractivity contribution in [3.63, 3.8) is 0 Å². The minimum absolute atomic E-state index is 0.108. The number of morpholine rings is 1. The SMILES string of the molecule is CC(C)N1CCC(Oc2cc(C(=O)Nc3cc4cc(-c5cnn(C)c5CN5CCOCC5)ccc4cn3)ccn2)CC1. The molecule has 10 nitrogen and oxygen atoms in total. The van der Waals surface area contributed by atoms with E-state index in [4.69, 9.17) is 9.47 Å². The molecule has 0 radical (unpaired) electrons. The molecule has 6 rings (SSSR count). The van der Waals surface area contributed by atoms with Gasteiger partial charge in [-0.05, 0) is 55.8 Å². The van der Waals surface area contributed by atoms with Crippen molar-refractivity contribution in [2.75, 3.05) is 44.7 Å². The van der Waals surface area contributed by atoms with Gasteiger partial charge in [0, 0.05) is 80.8 Å². The normalized spacial score (nSPS) is 17.1. The van der Waals surface area contributed by atoms with E-state index in [1.165, 1.54) is 5.69 Å². The minimum Gasteiger partial charge on any atom is -0.474 e. The molecular weight excluding hydrogens is 530 g/mol. The van der Waals surface area contributed by atoms with E-state index in [9.17, 15) is 4.79 Å². The van der Waals surface area contributed by atoms with E-state index in [0.717, 1.165) is 80.7 Å². The van der Waals surface area contributed by atoms with Crippen LogP contribution in [0, 0.1) is 0 Å². The van der Waals surface area contributed by atoms with Crippen LogP contribution in [0.5, 0.6) is 5.88 Å². The van der Waals surface area contributed by atoms with Gasteiger partial charge in [0.05, 0.1) is 25.1 Å². The van der Waals surface area contributed by atoms with Gasteiger partial charge in [-0.15, -0.1) is 0 Å². The van der Waals surface area contributed by atoms with Crippen LogP contribution >= 0.6 is 0 Å². The summed E-state index contributed by atoms with van der Waals surface area (Å²) in [7, 11) is 1.99. The number of carbonyl (C=O) groups excluding carboxylic acids is 1. The molecule has 42 heavy (non-hydrogen) atoms. The van der Waals surface area contributed by atoms with E-state index in [1.54, 1.807) is 24.5 Å². The van der Waals surface area contributed by atoms with Crippen LogP contribution in [0.25, 0.3) is 21.9 Å². The van der Waals surface area contributed by atoms with Crippen LogP contribution in [0.1, 0.15) is 42.7 Å². The van der Waals surface area contributed by atoms with E-state index < -0.39 is 0 Å². The van der Waals surface area contributed by atoms with Crippen molar-refractivity contribution >= 4 is 22.5 Å². The number of nitrogens with zero attached hydrogens (tertiary/aromatic N) is 6. The molecule has 1 N–H and O–H groups in total. The number of amides is 1. The molecule has 0 atom stereocenters. The molecule has 0 aliphatic carbocycles. The van der Waals surface area contributed by atoms with Crippen molar-refractivity contribution in [2.24, 2.45) is 7.05 Å². The minimum atomic E-state index is -0.250. The average Bonchev–Trinajstić information content (AvgIpc) is 3.37. The molecule has 2 aliphatic rings. The number of nitrogens with one attached hydrogen (secondary N) is 1. The van der Waals surface area contributed by atoms with Gasteiger partial charge in [-0.3, -0.25) is 14.4 Å². The third kappa shape index (κ3) is 6.46. The van der Waals surface area contributed by atoms with Crippen LogP contribution in [0.2, 0.25) is 0 Å². The van der Waals surface area contributed by atoms with Crippen molar-refractivity contribution in [3.05, 3.63) is 66.2 Å². The highest BCUT2D eigenvalue weighted by atomic mass is 16.5. The highest BCUT2D eigenvalue weighted by Gasteiger charge is 2.23. The first-order valence-electron chi connectivity index (χ1n) is 14.8. The van der Waals surface area contributed by atoms with Crippen LogP contribution in [0.15, 0.2) is 55.0 Å². The van der Waals surface area contributed by atoms with Crippen molar-refractivity contribution < 1.29 is 14.3 Å². The molecular formula is C32H39N7O3. The Bertz CT molecular complexity index is 1540. The molecule has 2 fully saturated rings. The smallest absolute Gasteiger partial charge is 0.257 e. The standard InChI is InChI=1S/C32H39N7O3/c1-22(2)39-10-7-27(8-11-39)42-31-18-24(6-9-33-31)32(40)36-30-17-26-16-23(4-5-25(26)19-34-30)28-20-35-37(3)29(28)21-38-12-14-41-15-13-38/h4-6,9,16-20,22,27H,7-8,10-15,21H2,1-3H3,(H,34,36,40). The number of hydrogen-bond donors (Lipinski definition) is 1. The lowest BCUT2D eigenvalue weighted by Crippen LogP contribution is -2.41. The van der Waals surface area contributed by atoms with Crippen LogP contribution in [-0.4, -0.2) is 87.0 Å². The Labute approximate surface area is 246 Å². The molecule has 0 unspecified atom stereocenters. The number of aromatic nitrogens is 4. The fourth-order valence-corrected chi connectivity index (χ4v) is 5.72. The highest BCUT2D eigenvalue weighted by molar-refractivity contribution is 6.04. The van der Waals surface area contributed by atoms with Crippen molar-refractivity contribution in [3.8, 4) is 17.0 Å². The number of fused-ring (bicyclic) bond motifs is 1. The van der Waals surface area contributed by atoms with Gasteiger partial charge in [0.25, 0.3) is 5.91 Å². The Kier molecular flexibility index (Phi) is 8.46. The number of anilines is 1. The predicted molar refractivity (Wildman–Crippen MR) is 163 cm³/mol. The first kappa shape index (κ1) is 28.3. The third-order valence-corrected chi connectivity index (χ3v) is 8.30. The number of pyridine rings is 2. The monoisotopic (exact) mass is 569 g/mol. The molecule has 3 aromatic heterocycles. The average molecular weight is 570 g/mol. The zero-order chi connectivity index (χ0) is 29.1. The van der Waals surface area contributed by atoms with Crippen molar-refractivity contribution in [1.82, 2.24) is 29.5 Å². The Morgan fingerprint density at radius 2 is 1.83 bits per heavy atom. The van der Waals surface area contributed by atoms with Crippen LogP contribution in [-0.2, 0) is 18.3 Å². The van der Waals surface area contributed by atoms with Crippen molar-refractivity contribution in [1.29, 1.82) is 0 Å². The lowest BCUT2D eigenvalue weighted by atomic mass is 10.0. The second kappa shape index (κ2) is 12.6. The molecule has 2 saturated heterocycles. The van der Waals surface area contributed by atoms with Gasteiger partial charge < -0.3 is 19.7 Å². The van der Waals surface area contributed by atoms with Gasteiger partial charge in [-0.25, -0.2) is 9.97 Å².